The van der Waals surface area contributed by atoms with Gasteiger partial charge in [0.2, 0.25) is 0 Å². The van der Waals surface area contributed by atoms with Gasteiger partial charge in [-0.3, -0.25) is 15.1 Å². The summed E-state index contributed by atoms with van der Waals surface area (Å²) in [6.07, 6.45) is 7.25. The fraction of sp³-hybridized carbons (Fsp3) is 0.588. The fourth-order valence-corrected chi connectivity index (χ4v) is 3.18. The van der Waals surface area contributed by atoms with E-state index < -0.39 is 0 Å². The van der Waals surface area contributed by atoms with Crippen LogP contribution in [0.5, 0.6) is 0 Å². The monoisotopic (exact) mass is 315 g/mol. The first-order chi connectivity index (χ1) is 11.2. The zero-order valence-corrected chi connectivity index (χ0v) is 14.0. The number of rotatable bonds is 6. The first kappa shape index (κ1) is 16.1. The van der Waals surface area contributed by atoms with Gasteiger partial charge < -0.3 is 9.64 Å². The first-order valence-corrected chi connectivity index (χ1v) is 8.29. The molecule has 1 atom stereocenters. The SMILES string of the molecule is COCCN1CCCC(Cc2cnc(-c3cc(C)[nH]n3)cn2)C1. The highest BCUT2D eigenvalue weighted by Crippen LogP contribution is 2.20. The molecule has 0 radical (unpaired) electrons. The third-order valence-electron chi connectivity index (χ3n) is 4.39. The van der Waals surface area contributed by atoms with E-state index >= 15 is 0 Å². The number of aromatic nitrogens is 4. The van der Waals surface area contributed by atoms with Crippen LogP contribution in [0, 0.1) is 12.8 Å². The molecule has 23 heavy (non-hydrogen) atoms. The molecular formula is C17H25N5O. The minimum absolute atomic E-state index is 0.661. The summed E-state index contributed by atoms with van der Waals surface area (Å²) in [7, 11) is 1.76. The Morgan fingerprint density at radius 1 is 1.30 bits per heavy atom. The summed E-state index contributed by atoms with van der Waals surface area (Å²) in [6.45, 7) is 6.13. The number of H-pyrrole nitrogens is 1. The van der Waals surface area contributed by atoms with Gasteiger partial charge in [0, 0.05) is 32.1 Å². The highest BCUT2D eigenvalue weighted by atomic mass is 16.5. The van der Waals surface area contributed by atoms with Gasteiger partial charge in [0.05, 0.1) is 18.5 Å². The maximum atomic E-state index is 5.18. The van der Waals surface area contributed by atoms with Crippen molar-refractivity contribution in [3.8, 4) is 11.4 Å². The van der Waals surface area contributed by atoms with E-state index in [1.807, 2.05) is 25.4 Å². The highest BCUT2D eigenvalue weighted by molar-refractivity contribution is 5.52. The van der Waals surface area contributed by atoms with Crippen LogP contribution in [0.15, 0.2) is 18.5 Å². The van der Waals surface area contributed by atoms with Gasteiger partial charge in [0.25, 0.3) is 0 Å². The van der Waals surface area contributed by atoms with Crippen molar-refractivity contribution in [2.24, 2.45) is 5.92 Å². The maximum Gasteiger partial charge on any atom is 0.112 e. The molecule has 1 aliphatic rings. The second-order valence-electron chi connectivity index (χ2n) is 6.33. The first-order valence-electron chi connectivity index (χ1n) is 8.29. The van der Waals surface area contributed by atoms with Crippen LogP contribution in [0.4, 0.5) is 0 Å². The number of nitrogens with one attached hydrogen (secondary N) is 1. The van der Waals surface area contributed by atoms with Gasteiger partial charge in [-0.05, 0) is 44.7 Å². The lowest BCUT2D eigenvalue weighted by Crippen LogP contribution is -2.38. The minimum Gasteiger partial charge on any atom is -0.383 e. The Bertz CT molecular complexity index is 610. The number of hydrogen-bond acceptors (Lipinski definition) is 5. The molecule has 1 saturated heterocycles. The molecule has 0 bridgehead atoms. The lowest BCUT2D eigenvalue weighted by molar-refractivity contribution is 0.114. The lowest BCUT2D eigenvalue weighted by Gasteiger charge is -2.32. The predicted octanol–water partition coefficient (Wildman–Crippen LogP) is 2.08. The van der Waals surface area contributed by atoms with Crippen molar-refractivity contribution in [1.29, 1.82) is 0 Å². The summed E-state index contributed by atoms with van der Waals surface area (Å²) >= 11 is 0. The third kappa shape index (κ3) is 4.36. The number of nitrogens with zero attached hydrogens (tertiary/aromatic N) is 4. The van der Waals surface area contributed by atoms with E-state index in [2.05, 4.69) is 25.1 Å². The second-order valence-corrected chi connectivity index (χ2v) is 6.33. The van der Waals surface area contributed by atoms with Crippen LogP contribution in [0.25, 0.3) is 11.4 Å². The van der Waals surface area contributed by atoms with E-state index in [4.69, 9.17) is 4.74 Å². The van der Waals surface area contributed by atoms with Crippen molar-refractivity contribution in [2.45, 2.75) is 26.2 Å². The summed E-state index contributed by atoms with van der Waals surface area (Å²) in [4.78, 5) is 11.6. The molecule has 1 N–H and O–H groups in total. The quantitative estimate of drug-likeness (QED) is 0.884. The van der Waals surface area contributed by atoms with E-state index in [1.165, 1.54) is 19.4 Å². The van der Waals surface area contributed by atoms with Crippen LogP contribution in [0.3, 0.4) is 0 Å². The van der Waals surface area contributed by atoms with Gasteiger partial charge in [-0.2, -0.15) is 5.10 Å². The number of methoxy groups -OCH3 is 1. The summed E-state index contributed by atoms with van der Waals surface area (Å²) in [5.74, 6) is 0.661. The smallest absolute Gasteiger partial charge is 0.112 e. The molecule has 1 aliphatic heterocycles. The number of likely N-dealkylation sites (tertiary alicyclic amines) is 1. The summed E-state index contributed by atoms with van der Waals surface area (Å²) in [6, 6.07) is 1.98. The number of hydrogen-bond donors (Lipinski definition) is 1. The Hall–Kier alpha value is -1.79. The van der Waals surface area contributed by atoms with Crippen LogP contribution in [-0.2, 0) is 11.2 Å². The van der Waals surface area contributed by atoms with Crippen molar-refractivity contribution in [1.82, 2.24) is 25.1 Å². The standard InChI is InChI=1S/C17H25N5O/c1-13-8-16(21-20-13)17-11-18-15(10-19-17)9-14-4-3-5-22(12-14)6-7-23-2/h8,10-11,14H,3-7,9,12H2,1-2H3,(H,20,21). The Labute approximate surface area is 137 Å². The van der Waals surface area contributed by atoms with Crippen LogP contribution in [0.2, 0.25) is 0 Å². The van der Waals surface area contributed by atoms with Gasteiger partial charge in [-0.25, -0.2) is 0 Å². The van der Waals surface area contributed by atoms with E-state index in [9.17, 15) is 0 Å². The molecule has 0 saturated carbocycles. The van der Waals surface area contributed by atoms with Crippen molar-refractivity contribution in [2.75, 3.05) is 33.4 Å². The Morgan fingerprint density at radius 3 is 2.91 bits per heavy atom. The lowest BCUT2D eigenvalue weighted by atomic mass is 9.93. The number of aromatic amines is 1. The molecule has 0 spiro atoms. The van der Waals surface area contributed by atoms with Crippen molar-refractivity contribution >= 4 is 0 Å². The second kappa shape index (κ2) is 7.66. The van der Waals surface area contributed by atoms with Crippen LogP contribution < -0.4 is 0 Å². The summed E-state index contributed by atoms with van der Waals surface area (Å²) < 4.78 is 5.18. The van der Waals surface area contributed by atoms with E-state index in [0.717, 1.165) is 48.9 Å². The Balaban J connectivity index is 1.57. The number of ether oxygens (including phenoxy) is 1. The van der Waals surface area contributed by atoms with Gasteiger partial charge in [0.15, 0.2) is 0 Å². The maximum absolute atomic E-state index is 5.18. The molecule has 1 fully saturated rings. The topological polar surface area (TPSA) is 66.9 Å². The van der Waals surface area contributed by atoms with Crippen LogP contribution >= 0.6 is 0 Å². The van der Waals surface area contributed by atoms with Crippen molar-refractivity contribution < 1.29 is 4.74 Å². The molecular weight excluding hydrogens is 290 g/mol. The predicted molar refractivity (Wildman–Crippen MR) is 89.1 cm³/mol. The minimum atomic E-state index is 0.661. The van der Waals surface area contributed by atoms with Crippen molar-refractivity contribution in [3.63, 3.8) is 0 Å². The summed E-state index contributed by atoms with van der Waals surface area (Å²) in [5, 5.41) is 7.16. The Kier molecular flexibility index (Phi) is 5.35. The molecule has 3 rings (SSSR count). The normalized spacial score (nSPS) is 19.1. The molecule has 0 amide bonds. The van der Waals surface area contributed by atoms with Gasteiger partial charge in [0.1, 0.15) is 11.4 Å². The number of aryl methyl sites for hydroxylation is 1. The fourth-order valence-electron chi connectivity index (χ4n) is 3.18. The molecule has 2 aromatic heterocycles. The summed E-state index contributed by atoms with van der Waals surface area (Å²) in [5.41, 5.74) is 3.78. The zero-order valence-electron chi connectivity index (χ0n) is 14.0. The molecule has 0 aliphatic carbocycles. The molecule has 0 aromatic carbocycles. The molecule has 6 heteroatoms. The largest absolute Gasteiger partial charge is 0.383 e. The molecule has 124 valence electrons. The number of piperidine rings is 1. The molecule has 6 nitrogen and oxygen atoms in total. The van der Waals surface area contributed by atoms with E-state index in [1.54, 1.807) is 7.11 Å². The molecule has 3 heterocycles. The Morgan fingerprint density at radius 2 is 2.22 bits per heavy atom. The van der Waals surface area contributed by atoms with Crippen LogP contribution in [-0.4, -0.2) is 58.4 Å². The van der Waals surface area contributed by atoms with Gasteiger partial charge in [-0.1, -0.05) is 0 Å². The third-order valence-corrected chi connectivity index (χ3v) is 4.39. The van der Waals surface area contributed by atoms with Gasteiger partial charge >= 0.3 is 0 Å². The van der Waals surface area contributed by atoms with Crippen molar-refractivity contribution in [3.05, 3.63) is 29.8 Å². The average molecular weight is 315 g/mol. The van der Waals surface area contributed by atoms with Gasteiger partial charge in [-0.15, -0.1) is 0 Å². The molecule has 2 aromatic rings. The van der Waals surface area contributed by atoms with E-state index in [-0.39, 0.29) is 0 Å². The average Bonchev–Trinajstić information content (AvgIpc) is 3.00. The van der Waals surface area contributed by atoms with E-state index in [0.29, 0.717) is 5.92 Å². The highest BCUT2D eigenvalue weighted by Gasteiger charge is 2.20. The van der Waals surface area contributed by atoms with Crippen LogP contribution in [0.1, 0.15) is 24.2 Å². The molecule has 1 unspecified atom stereocenters. The zero-order chi connectivity index (χ0) is 16.1.